The van der Waals surface area contributed by atoms with E-state index in [-0.39, 0.29) is 5.92 Å². The molecule has 0 bridgehead atoms. The number of benzene rings is 1. The number of nitrogens with zero attached hydrogens (tertiary/aromatic N) is 4. The lowest BCUT2D eigenvalue weighted by atomic mass is 9.89. The van der Waals surface area contributed by atoms with Crippen molar-refractivity contribution in [2.75, 3.05) is 31.1 Å². The average Bonchev–Trinajstić information content (AvgIpc) is 2.79. The summed E-state index contributed by atoms with van der Waals surface area (Å²) < 4.78 is 0. The number of likely N-dealkylation sites (tertiary alicyclic amines) is 1. The van der Waals surface area contributed by atoms with E-state index in [0.717, 1.165) is 70.1 Å². The third-order valence-corrected chi connectivity index (χ3v) is 6.49. The molecule has 3 heterocycles. The topological polar surface area (TPSA) is 49.3 Å². The van der Waals surface area contributed by atoms with Crippen molar-refractivity contribution >= 4 is 11.9 Å². The van der Waals surface area contributed by atoms with E-state index in [4.69, 9.17) is 0 Å². The number of carbonyl (C=O) groups excluding carboxylic acids is 1. The van der Waals surface area contributed by atoms with E-state index in [1.54, 1.807) is 12.4 Å². The van der Waals surface area contributed by atoms with Crippen molar-refractivity contribution in [1.82, 2.24) is 14.9 Å². The van der Waals surface area contributed by atoms with Gasteiger partial charge >= 0.3 is 0 Å². The van der Waals surface area contributed by atoms with Crippen molar-refractivity contribution < 1.29 is 4.79 Å². The van der Waals surface area contributed by atoms with Crippen molar-refractivity contribution in [3.63, 3.8) is 0 Å². The molecule has 154 valence electrons. The van der Waals surface area contributed by atoms with Crippen molar-refractivity contribution in [2.24, 2.45) is 11.8 Å². The monoisotopic (exact) mass is 392 g/mol. The van der Waals surface area contributed by atoms with Crippen LogP contribution in [0.1, 0.15) is 43.2 Å². The smallest absolute Gasteiger partial charge is 0.227 e. The van der Waals surface area contributed by atoms with Gasteiger partial charge in [0.05, 0.1) is 5.92 Å². The molecule has 1 amide bonds. The maximum Gasteiger partial charge on any atom is 0.227 e. The number of aryl methyl sites for hydroxylation is 2. The van der Waals surface area contributed by atoms with Crippen LogP contribution in [0.4, 0.5) is 5.95 Å². The van der Waals surface area contributed by atoms with Crippen LogP contribution in [0.15, 0.2) is 42.7 Å². The lowest BCUT2D eigenvalue weighted by molar-refractivity contribution is -0.137. The Bertz CT molecular complexity index is 784. The van der Waals surface area contributed by atoms with Crippen molar-refractivity contribution in [3.05, 3.63) is 53.9 Å². The van der Waals surface area contributed by atoms with Crippen molar-refractivity contribution in [3.8, 4) is 0 Å². The van der Waals surface area contributed by atoms with E-state index in [9.17, 15) is 4.79 Å². The Kier molecular flexibility index (Phi) is 6.43. The summed E-state index contributed by atoms with van der Waals surface area (Å²) in [6.45, 7) is 5.64. The first-order chi connectivity index (χ1) is 14.2. The van der Waals surface area contributed by atoms with E-state index in [1.165, 1.54) is 17.5 Å². The molecule has 2 aliphatic rings. The van der Waals surface area contributed by atoms with Crippen LogP contribution >= 0.6 is 0 Å². The molecule has 5 heteroatoms. The van der Waals surface area contributed by atoms with E-state index in [0.29, 0.717) is 5.91 Å². The van der Waals surface area contributed by atoms with Crippen molar-refractivity contribution in [2.45, 2.75) is 45.4 Å². The molecule has 2 fully saturated rings. The normalized spacial score (nSPS) is 20.7. The van der Waals surface area contributed by atoms with Crippen LogP contribution in [0.25, 0.3) is 0 Å². The van der Waals surface area contributed by atoms with Crippen LogP contribution in [0.3, 0.4) is 0 Å². The summed E-state index contributed by atoms with van der Waals surface area (Å²) in [5.74, 6) is 1.90. The van der Waals surface area contributed by atoms with E-state index >= 15 is 0 Å². The minimum atomic E-state index is 0.0802. The molecule has 2 aromatic rings. The van der Waals surface area contributed by atoms with Crippen LogP contribution in [0.5, 0.6) is 0 Å². The fourth-order valence-corrected chi connectivity index (χ4v) is 4.64. The second kappa shape index (κ2) is 9.38. The molecule has 0 radical (unpaired) electrons. The van der Waals surface area contributed by atoms with Crippen LogP contribution in [0.2, 0.25) is 0 Å². The summed E-state index contributed by atoms with van der Waals surface area (Å²) in [6.07, 6.45) is 10.2. The highest BCUT2D eigenvalue weighted by atomic mass is 16.2. The van der Waals surface area contributed by atoms with E-state index in [1.807, 2.05) is 6.07 Å². The molecule has 29 heavy (non-hydrogen) atoms. The molecule has 1 aromatic heterocycles. The first kappa shape index (κ1) is 19.9. The molecule has 1 unspecified atom stereocenters. The summed E-state index contributed by atoms with van der Waals surface area (Å²) in [6, 6.07) is 10.7. The van der Waals surface area contributed by atoms with Crippen molar-refractivity contribution in [1.29, 1.82) is 0 Å². The maximum absolute atomic E-state index is 13.1. The third kappa shape index (κ3) is 5.14. The predicted octanol–water partition coefficient (Wildman–Crippen LogP) is 3.87. The molecule has 0 saturated carbocycles. The molecule has 0 spiro atoms. The summed E-state index contributed by atoms with van der Waals surface area (Å²) in [7, 11) is 0. The zero-order chi connectivity index (χ0) is 20.1. The Labute approximate surface area is 174 Å². The highest BCUT2D eigenvalue weighted by Gasteiger charge is 2.32. The van der Waals surface area contributed by atoms with Gasteiger partial charge < -0.3 is 9.80 Å². The maximum atomic E-state index is 13.1. The van der Waals surface area contributed by atoms with Gasteiger partial charge in [-0.25, -0.2) is 9.97 Å². The molecule has 0 N–H and O–H groups in total. The average molecular weight is 393 g/mol. The molecule has 0 aliphatic carbocycles. The minimum Gasteiger partial charge on any atom is -0.342 e. The largest absolute Gasteiger partial charge is 0.342 e. The third-order valence-electron chi connectivity index (χ3n) is 6.49. The van der Waals surface area contributed by atoms with Gasteiger partial charge in [-0.1, -0.05) is 29.8 Å². The van der Waals surface area contributed by atoms with Gasteiger partial charge in [0, 0.05) is 38.6 Å². The highest BCUT2D eigenvalue weighted by molar-refractivity contribution is 5.79. The van der Waals surface area contributed by atoms with E-state index < -0.39 is 0 Å². The zero-order valence-electron chi connectivity index (χ0n) is 17.5. The molecule has 2 aliphatic heterocycles. The highest BCUT2D eigenvalue weighted by Crippen LogP contribution is 2.26. The standard InChI is InChI=1S/C24H32N4O/c1-19-5-7-20(8-6-19)9-10-21-11-16-27(17-12-21)23(29)22-4-2-15-28(18-22)24-25-13-3-14-26-24/h3,5-8,13-14,21-22H,2,4,9-12,15-18H2,1H3. The fourth-order valence-electron chi connectivity index (χ4n) is 4.64. The van der Waals surface area contributed by atoms with Gasteiger partial charge in [-0.2, -0.15) is 0 Å². The van der Waals surface area contributed by atoms with Gasteiger partial charge in [-0.3, -0.25) is 4.79 Å². The first-order valence-electron chi connectivity index (χ1n) is 11.1. The molecule has 1 aromatic carbocycles. The lowest BCUT2D eigenvalue weighted by Crippen LogP contribution is -2.47. The van der Waals surface area contributed by atoms with Gasteiger partial charge in [0.2, 0.25) is 11.9 Å². The lowest BCUT2D eigenvalue weighted by Gasteiger charge is -2.38. The van der Waals surface area contributed by atoms with Gasteiger partial charge in [0.1, 0.15) is 0 Å². The number of aromatic nitrogens is 2. The van der Waals surface area contributed by atoms with Gasteiger partial charge in [0.15, 0.2) is 0 Å². The predicted molar refractivity (Wildman–Crippen MR) is 116 cm³/mol. The number of hydrogen-bond acceptors (Lipinski definition) is 4. The summed E-state index contributed by atoms with van der Waals surface area (Å²) in [5, 5.41) is 0. The number of rotatable bonds is 5. The van der Waals surface area contributed by atoms with Crippen LogP contribution in [0, 0.1) is 18.8 Å². The molecule has 5 nitrogen and oxygen atoms in total. The molecule has 1 atom stereocenters. The Morgan fingerprint density at radius 1 is 1.03 bits per heavy atom. The second-order valence-corrected chi connectivity index (χ2v) is 8.63. The Morgan fingerprint density at radius 2 is 1.76 bits per heavy atom. The number of carbonyl (C=O) groups is 1. The molecule has 2 saturated heterocycles. The van der Waals surface area contributed by atoms with Crippen LogP contribution < -0.4 is 4.90 Å². The van der Waals surface area contributed by atoms with Crippen LogP contribution in [-0.4, -0.2) is 47.0 Å². The number of anilines is 1. The summed E-state index contributed by atoms with van der Waals surface area (Å²) in [5.41, 5.74) is 2.75. The summed E-state index contributed by atoms with van der Waals surface area (Å²) in [4.78, 5) is 26.1. The number of piperidine rings is 2. The number of amides is 1. The Hall–Kier alpha value is -2.43. The minimum absolute atomic E-state index is 0.0802. The Morgan fingerprint density at radius 3 is 2.48 bits per heavy atom. The van der Waals surface area contributed by atoms with E-state index in [2.05, 4.69) is 51.0 Å². The number of hydrogen-bond donors (Lipinski definition) is 0. The summed E-state index contributed by atoms with van der Waals surface area (Å²) >= 11 is 0. The SMILES string of the molecule is Cc1ccc(CCC2CCN(C(=O)C3CCCN(c4ncccn4)C3)CC2)cc1. The zero-order valence-corrected chi connectivity index (χ0v) is 17.5. The van der Waals surface area contributed by atoms with Gasteiger partial charge in [-0.15, -0.1) is 0 Å². The van der Waals surface area contributed by atoms with Gasteiger partial charge in [0.25, 0.3) is 0 Å². The Balaban J connectivity index is 1.25. The molecular formula is C24H32N4O. The molecule has 4 rings (SSSR count). The molecular weight excluding hydrogens is 360 g/mol. The van der Waals surface area contributed by atoms with Crippen LogP contribution in [-0.2, 0) is 11.2 Å². The quantitative estimate of drug-likeness (QED) is 0.775. The second-order valence-electron chi connectivity index (χ2n) is 8.63. The first-order valence-corrected chi connectivity index (χ1v) is 11.1. The van der Waals surface area contributed by atoms with Gasteiger partial charge in [-0.05, 0) is 63.0 Å². The fraction of sp³-hybridized carbons (Fsp3) is 0.542.